The van der Waals surface area contributed by atoms with Crippen LogP contribution in [-0.4, -0.2) is 47.0 Å². The molecule has 140 valence electrons. The average molecular weight is 359 g/mol. The van der Waals surface area contributed by atoms with E-state index in [4.69, 9.17) is 18.6 Å². The summed E-state index contributed by atoms with van der Waals surface area (Å²) in [7, 11) is -0.429. The third-order valence-electron chi connectivity index (χ3n) is 5.92. The normalized spacial score (nSPS) is 29.2. The number of ether oxygens (including phenoxy) is 3. The van der Waals surface area contributed by atoms with Crippen LogP contribution in [0.5, 0.6) is 0 Å². The molecule has 1 aliphatic heterocycles. The molecule has 1 heterocycles. The van der Waals surface area contributed by atoms with Crippen molar-refractivity contribution >= 4 is 14.3 Å². The second-order valence-corrected chi connectivity index (χ2v) is 13.3. The summed E-state index contributed by atoms with van der Waals surface area (Å²) in [5.74, 6) is 0.0000132. The van der Waals surface area contributed by atoms with Gasteiger partial charge in [-0.2, -0.15) is 0 Å². The Hall–Kier alpha value is -0.433. The summed E-state index contributed by atoms with van der Waals surface area (Å²) in [4.78, 5) is 12.4. The van der Waals surface area contributed by atoms with Crippen molar-refractivity contribution in [3.63, 3.8) is 0 Å². The van der Waals surface area contributed by atoms with Crippen LogP contribution in [0.1, 0.15) is 46.5 Å². The largest absolute Gasteiger partial charge is 0.469 e. The molecule has 0 aromatic rings. The lowest BCUT2D eigenvalue weighted by Gasteiger charge is -2.39. The molecule has 6 heteroatoms. The maximum Gasteiger partial charge on any atom is 0.311 e. The lowest BCUT2D eigenvalue weighted by atomic mass is 9.90. The fraction of sp³-hybridized carbons (Fsp3) is 0.944. The zero-order valence-corrected chi connectivity index (χ0v) is 17.1. The zero-order chi connectivity index (χ0) is 18.0. The molecule has 0 aromatic carbocycles. The summed E-state index contributed by atoms with van der Waals surface area (Å²) in [6.07, 6.45) is 3.57. The van der Waals surface area contributed by atoms with Crippen LogP contribution < -0.4 is 0 Å². The Morgan fingerprint density at radius 3 is 2.29 bits per heavy atom. The quantitative estimate of drug-likeness (QED) is 0.535. The van der Waals surface area contributed by atoms with E-state index >= 15 is 0 Å². The SMILES string of the molecule is COC(=O)[C@@H]1[C@@H](CCC2OCCO2)CC[C@@H]1O[Si](C)(C)C(C)(C)C. The lowest BCUT2D eigenvalue weighted by Crippen LogP contribution is -2.46. The maximum atomic E-state index is 12.4. The third-order valence-corrected chi connectivity index (χ3v) is 10.4. The number of esters is 1. The Morgan fingerprint density at radius 2 is 1.75 bits per heavy atom. The number of hydrogen-bond acceptors (Lipinski definition) is 5. The van der Waals surface area contributed by atoms with E-state index in [9.17, 15) is 4.79 Å². The molecule has 1 saturated carbocycles. The molecule has 24 heavy (non-hydrogen) atoms. The Morgan fingerprint density at radius 1 is 1.12 bits per heavy atom. The van der Waals surface area contributed by atoms with Crippen molar-refractivity contribution in [3.05, 3.63) is 0 Å². The van der Waals surface area contributed by atoms with Gasteiger partial charge >= 0.3 is 5.97 Å². The van der Waals surface area contributed by atoms with Crippen molar-refractivity contribution in [2.24, 2.45) is 11.8 Å². The van der Waals surface area contributed by atoms with Gasteiger partial charge in [0, 0.05) is 0 Å². The van der Waals surface area contributed by atoms with Crippen molar-refractivity contribution in [1.29, 1.82) is 0 Å². The minimum atomic E-state index is -1.91. The van der Waals surface area contributed by atoms with E-state index in [1.807, 2.05) is 0 Å². The van der Waals surface area contributed by atoms with Gasteiger partial charge in [0.1, 0.15) is 0 Å². The molecule has 0 bridgehead atoms. The number of carbonyl (C=O) groups is 1. The molecule has 0 unspecified atom stereocenters. The summed E-state index contributed by atoms with van der Waals surface area (Å²) in [6.45, 7) is 12.5. The molecule has 0 amide bonds. The highest BCUT2D eigenvalue weighted by atomic mass is 28.4. The summed E-state index contributed by atoms with van der Waals surface area (Å²) >= 11 is 0. The second kappa shape index (κ2) is 7.85. The van der Waals surface area contributed by atoms with E-state index < -0.39 is 8.32 Å². The van der Waals surface area contributed by atoms with Crippen LogP contribution in [0, 0.1) is 11.8 Å². The van der Waals surface area contributed by atoms with Gasteiger partial charge in [-0.1, -0.05) is 20.8 Å². The minimum absolute atomic E-state index is 0.0197. The van der Waals surface area contributed by atoms with Crippen LogP contribution in [0.2, 0.25) is 18.1 Å². The van der Waals surface area contributed by atoms with Crippen molar-refractivity contribution in [2.45, 2.75) is 77.0 Å². The summed E-state index contributed by atoms with van der Waals surface area (Å²) in [5.41, 5.74) is 0. The first-order valence-electron chi connectivity index (χ1n) is 9.14. The van der Waals surface area contributed by atoms with Gasteiger partial charge in [-0.15, -0.1) is 0 Å². The number of methoxy groups -OCH3 is 1. The van der Waals surface area contributed by atoms with Gasteiger partial charge in [0.25, 0.3) is 0 Å². The first kappa shape index (κ1) is 19.9. The van der Waals surface area contributed by atoms with Crippen molar-refractivity contribution in [2.75, 3.05) is 20.3 Å². The zero-order valence-electron chi connectivity index (χ0n) is 16.1. The molecule has 0 radical (unpaired) electrons. The molecule has 3 atom stereocenters. The molecule has 2 aliphatic rings. The highest BCUT2D eigenvalue weighted by molar-refractivity contribution is 6.74. The van der Waals surface area contributed by atoms with Gasteiger partial charge < -0.3 is 18.6 Å². The molecule has 2 fully saturated rings. The van der Waals surface area contributed by atoms with Crippen LogP contribution in [0.3, 0.4) is 0 Å². The highest BCUT2D eigenvalue weighted by Gasteiger charge is 2.47. The monoisotopic (exact) mass is 358 g/mol. The summed E-state index contributed by atoms with van der Waals surface area (Å²) < 4.78 is 22.7. The molecule has 5 nitrogen and oxygen atoms in total. The van der Waals surface area contributed by atoms with E-state index in [2.05, 4.69) is 33.9 Å². The van der Waals surface area contributed by atoms with Gasteiger partial charge in [0.15, 0.2) is 14.6 Å². The number of carbonyl (C=O) groups excluding carboxylic acids is 1. The first-order chi connectivity index (χ1) is 11.2. The van der Waals surface area contributed by atoms with Gasteiger partial charge in [-0.3, -0.25) is 4.79 Å². The fourth-order valence-electron chi connectivity index (χ4n) is 3.46. The molecule has 1 aliphatic carbocycles. The van der Waals surface area contributed by atoms with Crippen LogP contribution in [0.4, 0.5) is 0 Å². The van der Waals surface area contributed by atoms with E-state index in [0.29, 0.717) is 19.1 Å². The smallest absolute Gasteiger partial charge is 0.311 e. The van der Waals surface area contributed by atoms with E-state index in [1.165, 1.54) is 7.11 Å². The minimum Gasteiger partial charge on any atom is -0.469 e. The molecule has 0 aromatic heterocycles. The van der Waals surface area contributed by atoms with Gasteiger partial charge in [0.2, 0.25) is 0 Å². The lowest BCUT2D eigenvalue weighted by molar-refractivity contribution is -0.150. The van der Waals surface area contributed by atoms with Crippen molar-refractivity contribution < 1.29 is 23.4 Å². The molecule has 0 N–H and O–H groups in total. The van der Waals surface area contributed by atoms with E-state index in [-0.39, 0.29) is 29.3 Å². The maximum absolute atomic E-state index is 12.4. The predicted molar refractivity (Wildman–Crippen MR) is 95.2 cm³/mol. The molecule has 2 rings (SSSR count). The van der Waals surface area contributed by atoms with Gasteiger partial charge in [0.05, 0.1) is 32.3 Å². The van der Waals surface area contributed by atoms with Gasteiger partial charge in [-0.25, -0.2) is 0 Å². The molecular weight excluding hydrogens is 324 g/mol. The van der Waals surface area contributed by atoms with Gasteiger partial charge in [-0.05, 0) is 49.7 Å². The van der Waals surface area contributed by atoms with E-state index in [0.717, 1.165) is 25.7 Å². The second-order valence-electron chi connectivity index (χ2n) is 8.55. The number of hydrogen-bond donors (Lipinski definition) is 0. The average Bonchev–Trinajstić information content (AvgIpc) is 3.12. The number of rotatable bonds is 6. The molecular formula is C18H34O5Si. The Balaban J connectivity index is 2.01. The van der Waals surface area contributed by atoms with E-state index in [1.54, 1.807) is 0 Å². The van der Waals surface area contributed by atoms with Crippen LogP contribution >= 0.6 is 0 Å². The molecule has 0 spiro atoms. The topological polar surface area (TPSA) is 54.0 Å². The third kappa shape index (κ3) is 4.59. The summed E-state index contributed by atoms with van der Waals surface area (Å²) in [6, 6.07) is 0. The predicted octanol–water partition coefficient (Wildman–Crippen LogP) is 3.73. The fourth-order valence-corrected chi connectivity index (χ4v) is 4.83. The Kier molecular flexibility index (Phi) is 6.50. The Labute approximate surface area is 147 Å². The standard InChI is InChI=1S/C18H34O5Si/c1-18(2,3)24(5,6)23-14-9-7-13(16(14)17(19)20-4)8-10-15-21-11-12-22-15/h13-16H,7-12H2,1-6H3/t13-,14+,16-/m1/s1. The van der Waals surface area contributed by atoms with Crippen molar-refractivity contribution in [3.8, 4) is 0 Å². The van der Waals surface area contributed by atoms with Crippen molar-refractivity contribution in [1.82, 2.24) is 0 Å². The van der Waals surface area contributed by atoms with Crippen LogP contribution in [0.25, 0.3) is 0 Å². The highest BCUT2D eigenvalue weighted by Crippen LogP contribution is 2.44. The van der Waals surface area contributed by atoms with Crippen LogP contribution in [0.15, 0.2) is 0 Å². The Bertz CT molecular complexity index is 426. The molecule has 1 saturated heterocycles. The summed E-state index contributed by atoms with van der Waals surface area (Å²) in [5, 5.41) is 0.136. The first-order valence-corrected chi connectivity index (χ1v) is 12.1. The van der Waals surface area contributed by atoms with Crippen LogP contribution in [-0.2, 0) is 23.4 Å².